The molecule has 0 bridgehead atoms. The lowest BCUT2D eigenvalue weighted by Crippen LogP contribution is -2.52. The zero-order valence-corrected chi connectivity index (χ0v) is 18.3. The summed E-state index contributed by atoms with van der Waals surface area (Å²) in [4.78, 5) is 20.0. The third-order valence-electron chi connectivity index (χ3n) is 6.01. The van der Waals surface area contributed by atoms with Crippen LogP contribution in [0.1, 0.15) is 36.8 Å². The topological polar surface area (TPSA) is 71.3 Å². The van der Waals surface area contributed by atoms with Crippen LogP contribution in [0, 0.1) is 12.3 Å². The second kappa shape index (κ2) is 9.43. The molecule has 1 fully saturated rings. The summed E-state index contributed by atoms with van der Waals surface area (Å²) in [6, 6.07) is 16.2. The van der Waals surface area contributed by atoms with Crippen molar-refractivity contribution in [1.29, 1.82) is 0 Å². The number of rotatable bonds is 7. The SMILES string of the molecule is CCNC(=O)C1(Cc2cc(-c3ccc(C)cc3)no2)CCCN(Cc2ccccn2)C1. The molecule has 1 amide bonds. The van der Waals surface area contributed by atoms with Crippen molar-refractivity contribution in [3.63, 3.8) is 0 Å². The van der Waals surface area contributed by atoms with Crippen LogP contribution < -0.4 is 5.32 Å². The largest absolute Gasteiger partial charge is 0.361 e. The van der Waals surface area contributed by atoms with E-state index in [4.69, 9.17) is 4.52 Å². The van der Waals surface area contributed by atoms with Crippen molar-refractivity contribution in [1.82, 2.24) is 20.4 Å². The Hall–Kier alpha value is -2.99. The molecule has 3 heterocycles. The number of likely N-dealkylation sites (tertiary alicyclic amines) is 1. The van der Waals surface area contributed by atoms with Crippen LogP contribution in [-0.4, -0.2) is 40.6 Å². The predicted octanol–water partition coefficient (Wildman–Crippen LogP) is 4.01. The molecule has 1 atom stereocenters. The number of nitrogens with one attached hydrogen (secondary N) is 1. The molecular weight excluding hydrogens is 388 g/mol. The highest BCUT2D eigenvalue weighted by atomic mass is 16.5. The van der Waals surface area contributed by atoms with Gasteiger partial charge in [-0.05, 0) is 45.4 Å². The molecule has 0 aliphatic carbocycles. The number of amides is 1. The van der Waals surface area contributed by atoms with Gasteiger partial charge in [0.05, 0.1) is 11.1 Å². The number of carbonyl (C=O) groups is 1. The van der Waals surface area contributed by atoms with Gasteiger partial charge in [-0.25, -0.2) is 0 Å². The van der Waals surface area contributed by atoms with Crippen molar-refractivity contribution < 1.29 is 9.32 Å². The molecule has 6 heteroatoms. The van der Waals surface area contributed by atoms with E-state index in [1.165, 1.54) is 5.56 Å². The predicted molar refractivity (Wildman–Crippen MR) is 120 cm³/mol. The van der Waals surface area contributed by atoms with Crippen LogP contribution >= 0.6 is 0 Å². The lowest BCUT2D eigenvalue weighted by molar-refractivity contribution is -0.134. The molecule has 1 aromatic carbocycles. The Kier molecular flexibility index (Phi) is 6.47. The van der Waals surface area contributed by atoms with Crippen LogP contribution in [0.25, 0.3) is 11.3 Å². The Labute approximate surface area is 183 Å². The van der Waals surface area contributed by atoms with Gasteiger partial charge in [-0.2, -0.15) is 0 Å². The molecule has 0 spiro atoms. The Morgan fingerprint density at radius 2 is 2.06 bits per heavy atom. The summed E-state index contributed by atoms with van der Waals surface area (Å²) in [6.45, 7) is 7.02. The number of aryl methyl sites for hydroxylation is 1. The van der Waals surface area contributed by atoms with Crippen LogP contribution in [0.15, 0.2) is 59.3 Å². The molecular formula is C25H30N4O2. The maximum absolute atomic E-state index is 13.2. The van der Waals surface area contributed by atoms with E-state index in [9.17, 15) is 4.79 Å². The zero-order chi connectivity index (χ0) is 21.7. The van der Waals surface area contributed by atoms with Crippen molar-refractivity contribution in [2.75, 3.05) is 19.6 Å². The maximum Gasteiger partial charge on any atom is 0.227 e. The highest BCUT2D eigenvalue weighted by molar-refractivity contribution is 5.83. The molecule has 1 N–H and O–H groups in total. The standard InChI is InChI=1S/C25H30N4O2/c1-3-26-24(30)25(12-6-14-29(18-25)17-21-7-4-5-13-27-21)16-22-15-23(28-31-22)20-10-8-19(2)9-11-20/h4-5,7-11,13,15H,3,6,12,14,16-18H2,1-2H3,(H,26,30). The quantitative estimate of drug-likeness (QED) is 0.628. The first kappa shape index (κ1) is 21.2. The number of piperidine rings is 1. The summed E-state index contributed by atoms with van der Waals surface area (Å²) < 4.78 is 5.70. The van der Waals surface area contributed by atoms with Crippen molar-refractivity contribution >= 4 is 5.91 Å². The normalized spacial score (nSPS) is 19.3. The van der Waals surface area contributed by atoms with Gasteiger partial charge in [0.1, 0.15) is 11.5 Å². The third-order valence-corrected chi connectivity index (χ3v) is 6.01. The number of carbonyl (C=O) groups excluding carboxylic acids is 1. The van der Waals surface area contributed by atoms with Gasteiger partial charge in [-0.1, -0.05) is 41.1 Å². The number of benzene rings is 1. The van der Waals surface area contributed by atoms with E-state index in [1.807, 2.05) is 49.5 Å². The minimum atomic E-state index is -0.535. The summed E-state index contributed by atoms with van der Waals surface area (Å²) >= 11 is 0. The molecule has 2 aromatic heterocycles. The van der Waals surface area contributed by atoms with Crippen LogP contribution in [0.2, 0.25) is 0 Å². The lowest BCUT2D eigenvalue weighted by atomic mass is 9.75. The Balaban J connectivity index is 1.55. The van der Waals surface area contributed by atoms with E-state index in [0.29, 0.717) is 19.5 Å². The molecule has 0 saturated carbocycles. The van der Waals surface area contributed by atoms with Gasteiger partial charge in [0.15, 0.2) is 0 Å². The third kappa shape index (κ3) is 5.02. The average molecular weight is 419 g/mol. The lowest BCUT2D eigenvalue weighted by Gasteiger charge is -2.41. The first-order valence-corrected chi connectivity index (χ1v) is 11.0. The highest BCUT2D eigenvalue weighted by Crippen LogP contribution is 2.35. The molecule has 0 radical (unpaired) electrons. The molecule has 1 aliphatic heterocycles. The van der Waals surface area contributed by atoms with Crippen molar-refractivity contribution in [3.8, 4) is 11.3 Å². The fourth-order valence-corrected chi connectivity index (χ4v) is 4.43. The molecule has 31 heavy (non-hydrogen) atoms. The monoisotopic (exact) mass is 418 g/mol. The summed E-state index contributed by atoms with van der Waals surface area (Å²) in [7, 11) is 0. The van der Waals surface area contributed by atoms with Gasteiger partial charge in [-0.3, -0.25) is 14.7 Å². The molecule has 6 nitrogen and oxygen atoms in total. The fraction of sp³-hybridized carbons (Fsp3) is 0.400. The van der Waals surface area contributed by atoms with Gasteiger partial charge in [0.25, 0.3) is 0 Å². The van der Waals surface area contributed by atoms with Crippen LogP contribution in [0.4, 0.5) is 0 Å². The summed E-state index contributed by atoms with van der Waals surface area (Å²) in [5.74, 6) is 0.843. The number of nitrogens with zero attached hydrogens (tertiary/aromatic N) is 3. The highest BCUT2D eigenvalue weighted by Gasteiger charge is 2.43. The van der Waals surface area contributed by atoms with Gasteiger partial charge in [-0.15, -0.1) is 0 Å². The van der Waals surface area contributed by atoms with Gasteiger partial charge < -0.3 is 9.84 Å². The molecule has 4 rings (SSSR count). The van der Waals surface area contributed by atoms with Crippen molar-refractivity contribution in [3.05, 3.63) is 71.7 Å². The second-order valence-electron chi connectivity index (χ2n) is 8.50. The summed E-state index contributed by atoms with van der Waals surface area (Å²) in [5.41, 5.74) is 3.52. The van der Waals surface area contributed by atoms with E-state index in [1.54, 1.807) is 0 Å². The molecule has 1 saturated heterocycles. The zero-order valence-electron chi connectivity index (χ0n) is 18.3. The first-order chi connectivity index (χ1) is 15.1. The average Bonchev–Trinajstić information content (AvgIpc) is 3.23. The van der Waals surface area contributed by atoms with E-state index in [0.717, 1.165) is 48.6 Å². The first-order valence-electron chi connectivity index (χ1n) is 11.0. The smallest absolute Gasteiger partial charge is 0.227 e. The van der Waals surface area contributed by atoms with E-state index >= 15 is 0 Å². The minimum absolute atomic E-state index is 0.0917. The molecule has 1 unspecified atom stereocenters. The number of hydrogen-bond donors (Lipinski definition) is 1. The number of pyridine rings is 1. The second-order valence-corrected chi connectivity index (χ2v) is 8.50. The number of aromatic nitrogens is 2. The summed E-state index contributed by atoms with van der Waals surface area (Å²) in [6.07, 6.45) is 4.15. The minimum Gasteiger partial charge on any atom is -0.361 e. The van der Waals surface area contributed by atoms with Crippen LogP contribution in [-0.2, 0) is 17.8 Å². The van der Waals surface area contributed by atoms with Gasteiger partial charge in [0.2, 0.25) is 5.91 Å². The Bertz CT molecular complexity index is 1000. The molecule has 162 valence electrons. The van der Waals surface area contributed by atoms with Crippen molar-refractivity contribution in [2.45, 2.75) is 39.7 Å². The fourth-order valence-electron chi connectivity index (χ4n) is 4.43. The molecule has 1 aliphatic rings. The van der Waals surface area contributed by atoms with Crippen LogP contribution in [0.3, 0.4) is 0 Å². The van der Waals surface area contributed by atoms with Crippen molar-refractivity contribution in [2.24, 2.45) is 5.41 Å². The Morgan fingerprint density at radius 1 is 1.23 bits per heavy atom. The van der Waals surface area contributed by atoms with Gasteiger partial charge in [0, 0.05) is 43.9 Å². The van der Waals surface area contributed by atoms with E-state index in [2.05, 4.69) is 39.4 Å². The Morgan fingerprint density at radius 3 is 2.81 bits per heavy atom. The van der Waals surface area contributed by atoms with E-state index in [-0.39, 0.29) is 5.91 Å². The molecule has 3 aromatic rings. The van der Waals surface area contributed by atoms with Crippen LogP contribution in [0.5, 0.6) is 0 Å². The van der Waals surface area contributed by atoms with Gasteiger partial charge >= 0.3 is 0 Å². The number of hydrogen-bond acceptors (Lipinski definition) is 5. The maximum atomic E-state index is 13.2. The van der Waals surface area contributed by atoms with E-state index < -0.39 is 5.41 Å². The summed E-state index contributed by atoms with van der Waals surface area (Å²) in [5, 5.41) is 7.34.